The van der Waals surface area contributed by atoms with Gasteiger partial charge in [0.25, 0.3) is 11.8 Å². The largest absolute Gasteiger partial charge is 0.487 e. The minimum Gasteiger partial charge on any atom is -0.487 e. The number of carbonyl (C=O) groups excluding carboxylic acids is 2. The van der Waals surface area contributed by atoms with Crippen LogP contribution in [0.5, 0.6) is 5.75 Å². The molecule has 0 spiro atoms. The Morgan fingerprint density at radius 2 is 1.73 bits per heavy atom. The first-order valence-electron chi connectivity index (χ1n) is 9.59. The van der Waals surface area contributed by atoms with E-state index in [-0.39, 0.29) is 31.1 Å². The molecule has 0 fully saturated rings. The van der Waals surface area contributed by atoms with Crippen molar-refractivity contribution in [3.05, 3.63) is 78.1 Å². The van der Waals surface area contributed by atoms with Gasteiger partial charge in [0.05, 0.1) is 23.4 Å². The molecular formula is C22H18N4O4. The predicted molar refractivity (Wildman–Crippen MR) is 108 cm³/mol. The highest BCUT2D eigenvalue weighted by molar-refractivity contribution is 6.22. The molecule has 0 saturated heterocycles. The maximum Gasteiger partial charge on any atom is 0.261 e. The number of imide groups is 1. The summed E-state index contributed by atoms with van der Waals surface area (Å²) < 4.78 is 7.68. The van der Waals surface area contributed by atoms with Crippen LogP contribution in [0.4, 0.5) is 0 Å². The number of para-hydroxylation sites is 2. The molecule has 2 aromatic carbocycles. The van der Waals surface area contributed by atoms with Crippen LogP contribution in [0.3, 0.4) is 0 Å². The summed E-state index contributed by atoms with van der Waals surface area (Å²) in [6, 6.07) is 16.3. The zero-order valence-corrected chi connectivity index (χ0v) is 16.0. The van der Waals surface area contributed by atoms with Crippen LogP contribution in [0, 0.1) is 0 Å². The molecule has 30 heavy (non-hydrogen) atoms. The molecule has 1 unspecified atom stereocenters. The molecule has 8 nitrogen and oxygen atoms in total. The van der Waals surface area contributed by atoms with Crippen LogP contribution in [0.15, 0.2) is 72.1 Å². The molecule has 1 aromatic heterocycles. The van der Waals surface area contributed by atoms with Crippen LogP contribution in [0.1, 0.15) is 27.1 Å². The number of fused-ring (bicyclic) bond motifs is 1. The van der Waals surface area contributed by atoms with Gasteiger partial charge in [-0.05, 0) is 30.3 Å². The van der Waals surface area contributed by atoms with Gasteiger partial charge < -0.3 is 9.57 Å². The van der Waals surface area contributed by atoms with Crippen LogP contribution < -0.4 is 4.74 Å². The van der Waals surface area contributed by atoms with Gasteiger partial charge >= 0.3 is 0 Å². The lowest BCUT2D eigenvalue weighted by atomic mass is 10.1. The number of nitrogens with zero attached hydrogens (tertiary/aromatic N) is 4. The second kappa shape index (κ2) is 7.47. The Kier molecular flexibility index (Phi) is 4.51. The summed E-state index contributed by atoms with van der Waals surface area (Å²) >= 11 is 0. The van der Waals surface area contributed by atoms with Crippen molar-refractivity contribution in [3.63, 3.8) is 0 Å². The van der Waals surface area contributed by atoms with Gasteiger partial charge in [-0.25, -0.2) is 4.68 Å². The third-order valence-corrected chi connectivity index (χ3v) is 5.05. The molecular weight excluding hydrogens is 384 g/mol. The summed E-state index contributed by atoms with van der Waals surface area (Å²) in [5.74, 6) is 0.0795. The Hall–Kier alpha value is -3.94. The van der Waals surface area contributed by atoms with E-state index in [0.29, 0.717) is 29.0 Å². The van der Waals surface area contributed by atoms with Gasteiger partial charge in [0, 0.05) is 18.8 Å². The van der Waals surface area contributed by atoms with Crippen LogP contribution in [0.2, 0.25) is 0 Å². The first-order valence-corrected chi connectivity index (χ1v) is 9.59. The SMILES string of the molecule is O=C1c2ccccc2C(=O)N1CC1=NOC(COc2ccccc2-n2cccn2)C1. The summed E-state index contributed by atoms with van der Waals surface area (Å²) in [7, 11) is 0. The van der Waals surface area contributed by atoms with E-state index in [1.807, 2.05) is 36.5 Å². The molecule has 2 amide bonds. The number of ether oxygens (including phenoxy) is 1. The minimum atomic E-state index is -0.300. The molecule has 5 rings (SSSR count). The highest BCUT2D eigenvalue weighted by Gasteiger charge is 2.37. The van der Waals surface area contributed by atoms with E-state index in [0.717, 1.165) is 5.69 Å². The summed E-state index contributed by atoms with van der Waals surface area (Å²) in [6.07, 6.45) is 3.74. The van der Waals surface area contributed by atoms with Crippen molar-refractivity contribution in [2.24, 2.45) is 5.16 Å². The smallest absolute Gasteiger partial charge is 0.261 e. The summed E-state index contributed by atoms with van der Waals surface area (Å²) in [5, 5.41) is 8.31. The first-order chi connectivity index (χ1) is 14.7. The molecule has 3 heterocycles. The van der Waals surface area contributed by atoms with Crippen molar-refractivity contribution >= 4 is 17.5 Å². The molecule has 8 heteroatoms. The third kappa shape index (κ3) is 3.22. The molecule has 0 N–H and O–H groups in total. The third-order valence-electron chi connectivity index (χ3n) is 5.05. The van der Waals surface area contributed by atoms with Crippen molar-refractivity contribution in [3.8, 4) is 11.4 Å². The van der Waals surface area contributed by atoms with Gasteiger partial charge in [-0.15, -0.1) is 0 Å². The number of hydrogen-bond donors (Lipinski definition) is 0. The van der Waals surface area contributed by atoms with Crippen molar-refractivity contribution in [1.29, 1.82) is 0 Å². The van der Waals surface area contributed by atoms with Crippen LogP contribution >= 0.6 is 0 Å². The van der Waals surface area contributed by atoms with Crippen molar-refractivity contribution in [2.75, 3.05) is 13.2 Å². The van der Waals surface area contributed by atoms with Gasteiger partial charge in [0.15, 0.2) is 6.10 Å². The summed E-state index contributed by atoms with van der Waals surface area (Å²) in [6.45, 7) is 0.403. The van der Waals surface area contributed by atoms with Gasteiger partial charge in [0.2, 0.25) is 0 Å². The van der Waals surface area contributed by atoms with Crippen molar-refractivity contribution in [1.82, 2.24) is 14.7 Å². The van der Waals surface area contributed by atoms with Gasteiger partial charge in [-0.1, -0.05) is 29.4 Å². The Morgan fingerprint density at radius 1 is 1.00 bits per heavy atom. The lowest BCUT2D eigenvalue weighted by Crippen LogP contribution is -2.35. The molecule has 1 atom stereocenters. The summed E-state index contributed by atoms with van der Waals surface area (Å²) in [4.78, 5) is 31.7. The van der Waals surface area contributed by atoms with Crippen LogP contribution in [0.25, 0.3) is 5.69 Å². The predicted octanol–water partition coefficient (Wildman–Crippen LogP) is 2.69. The minimum absolute atomic E-state index is 0.118. The molecule has 2 aliphatic heterocycles. The van der Waals surface area contributed by atoms with Crippen molar-refractivity contribution < 1.29 is 19.2 Å². The number of rotatable bonds is 6. The standard InChI is InChI=1S/C22H18N4O4/c27-21-17-6-1-2-7-18(17)22(28)25(21)13-15-12-16(30-24-15)14-29-20-9-4-3-8-19(20)26-11-5-10-23-26/h1-11,16H,12-14H2. The zero-order chi connectivity index (χ0) is 20.5. The van der Waals surface area contributed by atoms with E-state index in [1.165, 1.54) is 4.90 Å². The quantitative estimate of drug-likeness (QED) is 0.592. The van der Waals surface area contributed by atoms with E-state index in [9.17, 15) is 9.59 Å². The number of oxime groups is 1. The fourth-order valence-electron chi connectivity index (χ4n) is 3.60. The van der Waals surface area contributed by atoms with E-state index in [4.69, 9.17) is 9.57 Å². The lowest BCUT2D eigenvalue weighted by molar-refractivity contribution is 0.0470. The van der Waals surface area contributed by atoms with Crippen LogP contribution in [-0.2, 0) is 4.84 Å². The van der Waals surface area contributed by atoms with E-state index in [1.54, 1.807) is 35.1 Å². The van der Waals surface area contributed by atoms with E-state index < -0.39 is 0 Å². The molecule has 0 radical (unpaired) electrons. The second-order valence-corrected chi connectivity index (χ2v) is 7.06. The normalized spacial score (nSPS) is 17.7. The molecule has 3 aromatic rings. The first kappa shape index (κ1) is 18.1. The average Bonchev–Trinajstić information content (AvgIpc) is 3.51. The highest BCUT2D eigenvalue weighted by atomic mass is 16.7. The highest BCUT2D eigenvalue weighted by Crippen LogP contribution is 2.25. The van der Waals surface area contributed by atoms with Crippen LogP contribution in [-0.4, -0.2) is 51.5 Å². The number of carbonyl (C=O) groups is 2. The summed E-state index contributed by atoms with van der Waals surface area (Å²) in [5.41, 5.74) is 2.32. The molecule has 0 bridgehead atoms. The molecule has 0 aliphatic carbocycles. The fourth-order valence-corrected chi connectivity index (χ4v) is 3.60. The Morgan fingerprint density at radius 3 is 2.47 bits per heavy atom. The number of benzene rings is 2. The number of amides is 2. The van der Waals surface area contributed by atoms with Gasteiger partial charge in [-0.2, -0.15) is 5.10 Å². The number of aromatic nitrogens is 2. The molecule has 2 aliphatic rings. The van der Waals surface area contributed by atoms with Gasteiger partial charge in [0.1, 0.15) is 18.0 Å². The lowest BCUT2D eigenvalue weighted by Gasteiger charge is -2.14. The molecule has 0 saturated carbocycles. The van der Waals surface area contributed by atoms with E-state index >= 15 is 0 Å². The maximum absolute atomic E-state index is 12.5. The van der Waals surface area contributed by atoms with E-state index in [2.05, 4.69) is 10.3 Å². The number of hydrogen-bond acceptors (Lipinski definition) is 6. The Bertz CT molecular complexity index is 1100. The topological polar surface area (TPSA) is 86.0 Å². The molecule has 150 valence electrons. The Balaban J connectivity index is 1.20. The fraction of sp³-hybridized carbons (Fsp3) is 0.182. The average molecular weight is 402 g/mol. The zero-order valence-electron chi connectivity index (χ0n) is 16.0. The van der Waals surface area contributed by atoms with Crippen molar-refractivity contribution in [2.45, 2.75) is 12.5 Å². The maximum atomic E-state index is 12.5. The monoisotopic (exact) mass is 402 g/mol. The Labute approximate surface area is 172 Å². The second-order valence-electron chi connectivity index (χ2n) is 7.06. The van der Waals surface area contributed by atoms with Gasteiger partial charge in [-0.3, -0.25) is 14.5 Å².